The Kier molecular flexibility index (Phi) is 5.44. The van der Waals surface area contributed by atoms with Crippen LogP contribution in [0.3, 0.4) is 0 Å². The smallest absolute Gasteiger partial charge is 0.183 e. The third-order valence-electron chi connectivity index (χ3n) is 3.20. The first-order valence-corrected chi connectivity index (χ1v) is 5.67. The molecule has 0 aromatic carbocycles. The molecule has 0 aromatic heterocycles. The van der Waals surface area contributed by atoms with E-state index in [2.05, 4.69) is 0 Å². The van der Waals surface area contributed by atoms with Gasteiger partial charge in [-0.25, -0.2) is 0 Å². The molecule has 1 saturated heterocycles. The summed E-state index contributed by atoms with van der Waals surface area (Å²) in [5.41, 5.74) is 5.49. The summed E-state index contributed by atoms with van der Waals surface area (Å²) in [6, 6.07) is 0. The van der Waals surface area contributed by atoms with Crippen molar-refractivity contribution in [2.45, 2.75) is 42.7 Å². The van der Waals surface area contributed by atoms with Gasteiger partial charge in [0.1, 0.15) is 24.4 Å². The molecule has 108 valence electrons. The molecular weight excluding hydrogens is 246 g/mol. The summed E-state index contributed by atoms with van der Waals surface area (Å²) in [5, 5.41) is 47.4. The van der Waals surface area contributed by atoms with Gasteiger partial charge in [-0.3, -0.25) is 0 Å². The summed E-state index contributed by atoms with van der Waals surface area (Å²) in [6.07, 6.45) is -7.05. The molecule has 1 heterocycles. The molecule has 1 fully saturated rings. The van der Waals surface area contributed by atoms with Crippen molar-refractivity contribution in [1.82, 2.24) is 0 Å². The third-order valence-corrected chi connectivity index (χ3v) is 3.20. The van der Waals surface area contributed by atoms with E-state index in [4.69, 9.17) is 20.3 Å². The minimum Gasteiger partial charge on any atom is -0.394 e. The summed E-state index contributed by atoms with van der Waals surface area (Å²) >= 11 is 0. The first-order valence-electron chi connectivity index (χ1n) is 5.67. The van der Waals surface area contributed by atoms with Crippen molar-refractivity contribution in [1.29, 1.82) is 0 Å². The summed E-state index contributed by atoms with van der Waals surface area (Å²) in [5.74, 6) is -1.33. The van der Waals surface area contributed by atoms with Gasteiger partial charge in [-0.2, -0.15) is 0 Å². The van der Waals surface area contributed by atoms with E-state index in [1.165, 1.54) is 7.11 Å². The van der Waals surface area contributed by atoms with Gasteiger partial charge in [0.25, 0.3) is 0 Å². The molecule has 7 N–H and O–H groups in total. The normalized spacial score (nSPS) is 40.5. The highest BCUT2D eigenvalue weighted by Crippen LogP contribution is 2.31. The van der Waals surface area contributed by atoms with Crippen LogP contribution in [0.15, 0.2) is 0 Å². The molecule has 0 radical (unpaired) electrons. The second-order valence-electron chi connectivity index (χ2n) is 4.40. The topological polar surface area (TPSA) is 146 Å². The predicted octanol–water partition coefficient (Wildman–Crippen LogP) is -3.49. The number of ether oxygens (including phenoxy) is 2. The van der Waals surface area contributed by atoms with Crippen LogP contribution in [0.5, 0.6) is 0 Å². The molecule has 8 nitrogen and oxygen atoms in total. The summed E-state index contributed by atoms with van der Waals surface area (Å²) < 4.78 is 10.4. The van der Waals surface area contributed by atoms with Crippen LogP contribution < -0.4 is 5.73 Å². The Morgan fingerprint density at radius 2 is 2.06 bits per heavy atom. The summed E-state index contributed by atoms with van der Waals surface area (Å²) in [4.78, 5) is 0. The van der Waals surface area contributed by atoms with Crippen LogP contribution in [0.2, 0.25) is 0 Å². The van der Waals surface area contributed by atoms with Gasteiger partial charge in [-0.15, -0.1) is 0 Å². The molecule has 1 aliphatic heterocycles. The highest BCUT2D eigenvalue weighted by molar-refractivity contribution is 4.95. The Morgan fingerprint density at radius 3 is 2.50 bits per heavy atom. The van der Waals surface area contributed by atoms with E-state index in [0.29, 0.717) is 0 Å². The number of hydrogen-bond donors (Lipinski definition) is 6. The van der Waals surface area contributed by atoms with E-state index in [9.17, 15) is 20.4 Å². The van der Waals surface area contributed by atoms with Crippen LogP contribution in [0, 0.1) is 0 Å². The van der Waals surface area contributed by atoms with Crippen LogP contribution in [0.25, 0.3) is 0 Å². The zero-order valence-corrected chi connectivity index (χ0v) is 10.1. The van der Waals surface area contributed by atoms with Crippen LogP contribution in [-0.2, 0) is 9.47 Å². The third kappa shape index (κ3) is 2.98. The lowest BCUT2D eigenvalue weighted by atomic mass is 9.91. The zero-order valence-electron chi connectivity index (χ0n) is 10.1. The predicted molar refractivity (Wildman–Crippen MR) is 59.4 cm³/mol. The van der Waals surface area contributed by atoms with Gasteiger partial charge >= 0.3 is 0 Å². The van der Waals surface area contributed by atoms with Gasteiger partial charge in [0.05, 0.1) is 12.7 Å². The molecule has 0 spiro atoms. The van der Waals surface area contributed by atoms with Crippen molar-refractivity contribution >= 4 is 0 Å². The van der Waals surface area contributed by atoms with E-state index in [0.717, 1.165) is 0 Å². The van der Waals surface area contributed by atoms with Crippen molar-refractivity contribution < 1.29 is 35.0 Å². The maximum atomic E-state index is 9.75. The van der Waals surface area contributed by atoms with Crippen LogP contribution >= 0.6 is 0 Å². The molecule has 1 rings (SSSR count). The first-order chi connectivity index (χ1) is 8.40. The number of nitrogens with two attached hydrogens (primary N) is 1. The van der Waals surface area contributed by atoms with E-state index in [-0.39, 0.29) is 13.0 Å². The quantitative estimate of drug-likeness (QED) is 0.301. The first kappa shape index (κ1) is 15.7. The number of methoxy groups -OCH3 is 1. The molecule has 0 aliphatic carbocycles. The van der Waals surface area contributed by atoms with Crippen LogP contribution in [-0.4, -0.2) is 82.1 Å². The summed E-state index contributed by atoms with van der Waals surface area (Å²) in [7, 11) is 1.32. The standard InChI is InChI=1S/C10H21NO7/c1-17-10(4-11)2-5(13)7(15)9(18-10)8(16)6(14)3-12/h5-9,12-16H,2-4,11H2,1H3/t5-,6-,7+,8+,9+,10-/m0/s1. The molecule has 6 atom stereocenters. The second-order valence-corrected chi connectivity index (χ2v) is 4.40. The van der Waals surface area contributed by atoms with Crippen molar-refractivity contribution in [3.8, 4) is 0 Å². The van der Waals surface area contributed by atoms with E-state index < -0.39 is 42.9 Å². The fraction of sp³-hybridized carbons (Fsp3) is 1.00. The molecule has 0 unspecified atom stereocenters. The van der Waals surface area contributed by atoms with Gasteiger partial charge in [0.2, 0.25) is 0 Å². The number of aliphatic hydroxyl groups excluding tert-OH is 5. The minimum absolute atomic E-state index is 0.0559. The van der Waals surface area contributed by atoms with E-state index >= 15 is 0 Å². The zero-order chi connectivity index (χ0) is 13.9. The average molecular weight is 267 g/mol. The average Bonchev–Trinajstić information content (AvgIpc) is 2.40. The largest absolute Gasteiger partial charge is 0.394 e. The fourth-order valence-corrected chi connectivity index (χ4v) is 1.97. The highest BCUT2D eigenvalue weighted by Gasteiger charge is 2.49. The molecule has 0 saturated carbocycles. The highest BCUT2D eigenvalue weighted by atomic mass is 16.7. The number of aliphatic hydroxyl groups is 5. The van der Waals surface area contributed by atoms with E-state index in [1.807, 2.05) is 0 Å². The lowest BCUT2D eigenvalue weighted by molar-refractivity contribution is -0.324. The van der Waals surface area contributed by atoms with Crippen LogP contribution in [0.1, 0.15) is 6.42 Å². The van der Waals surface area contributed by atoms with Gasteiger partial charge in [0, 0.05) is 20.1 Å². The SMILES string of the molecule is CO[C@@]1(CN)C[C@H](O)[C@@H](O)[C@H]([C@H](O)[C@@H](O)CO)O1. The van der Waals surface area contributed by atoms with Crippen molar-refractivity contribution in [3.63, 3.8) is 0 Å². The minimum atomic E-state index is -1.57. The Hall–Kier alpha value is -0.320. The van der Waals surface area contributed by atoms with Gasteiger partial charge in [0.15, 0.2) is 5.79 Å². The molecule has 1 aliphatic rings. The van der Waals surface area contributed by atoms with Gasteiger partial charge in [-0.05, 0) is 0 Å². The van der Waals surface area contributed by atoms with Crippen molar-refractivity contribution in [2.24, 2.45) is 5.73 Å². The Labute approximate surface area is 105 Å². The maximum absolute atomic E-state index is 9.75. The lowest BCUT2D eigenvalue weighted by Crippen LogP contribution is -2.63. The Balaban J connectivity index is 2.88. The molecule has 0 amide bonds. The number of rotatable bonds is 5. The van der Waals surface area contributed by atoms with E-state index in [1.54, 1.807) is 0 Å². The Morgan fingerprint density at radius 1 is 1.44 bits per heavy atom. The fourth-order valence-electron chi connectivity index (χ4n) is 1.97. The molecule has 0 aromatic rings. The second kappa shape index (κ2) is 6.22. The van der Waals surface area contributed by atoms with Crippen molar-refractivity contribution in [3.05, 3.63) is 0 Å². The maximum Gasteiger partial charge on any atom is 0.183 e. The molecule has 0 bridgehead atoms. The number of hydrogen-bond acceptors (Lipinski definition) is 8. The monoisotopic (exact) mass is 267 g/mol. The van der Waals surface area contributed by atoms with Gasteiger partial charge < -0.3 is 40.7 Å². The van der Waals surface area contributed by atoms with Gasteiger partial charge in [-0.1, -0.05) is 0 Å². The molecular formula is C10H21NO7. The molecule has 8 heteroatoms. The van der Waals surface area contributed by atoms with Crippen LogP contribution in [0.4, 0.5) is 0 Å². The van der Waals surface area contributed by atoms with Crippen molar-refractivity contribution in [2.75, 3.05) is 20.3 Å². The summed E-state index contributed by atoms with van der Waals surface area (Å²) in [6.45, 7) is -0.793. The Bertz CT molecular complexity index is 261. The molecule has 18 heavy (non-hydrogen) atoms. The lowest BCUT2D eigenvalue weighted by Gasteiger charge is -2.45.